The topological polar surface area (TPSA) is 72.5 Å². The van der Waals surface area contributed by atoms with Crippen LogP contribution in [0.4, 0.5) is 4.79 Å². The Morgan fingerprint density at radius 1 is 1.19 bits per heavy atom. The summed E-state index contributed by atoms with van der Waals surface area (Å²) in [5.41, 5.74) is -0.686. The lowest BCUT2D eigenvalue weighted by atomic mass is 9.58. The predicted molar refractivity (Wildman–Crippen MR) is 92.8 cm³/mol. The summed E-state index contributed by atoms with van der Waals surface area (Å²) in [5, 5.41) is 0. The molecular formula is C18H28O7S. The quantitative estimate of drug-likeness (QED) is 0.412. The maximum absolute atomic E-state index is 11.2. The van der Waals surface area contributed by atoms with Crippen LogP contribution >= 0.6 is 11.8 Å². The van der Waals surface area contributed by atoms with Crippen LogP contribution < -0.4 is 0 Å². The van der Waals surface area contributed by atoms with Gasteiger partial charge >= 0.3 is 6.16 Å². The summed E-state index contributed by atoms with van der Waals surface area (Å²) in [6.07, 6.45) is 2.89. The second kappa shape index (κ2) is 6.81. The molecule has 7 nitrogen and oxygen atoms in total. The van der Waals surface area contributed by atoms with E-state index in [1.165, 1.54) is 25.3 Å². The van der Waals surface area contributed by atoms with Gasteiger partial charge in [0.05, 0.1) is 7.11 Å². The van der Waals surface area contributed by atoms with Crippen LogP contribution in [0.2, 0.25) is 0 Å². The third-order valence-electron chi connectivity index (χ3n) is 6.67. The maximum Gasteiger partial charge on any atom is 0.508 e. The normalized spacial score (nSPS) is 49.8. The third-order valence-corrected chi connectivity index (χ3v) is 7.80. The van der Waals surface area contributed by atoms with Crippen molar-refractivity contribution in [3.8, 4) is 0 Å². The highest BCUT2D eigenvalue weighted by atomic mass is 32.2. The van der Waals surface area contributed by atoms with Crippen LogP contribution in [0.1, 0.15) is 46.5 Å². The van der Waals surface area contributed by atoms with Crippen molar-refractivity contribution in [1.82, 2.24) is 0 Å². The molecule has 4 aliphatic heterocycles. The van der Waals surface area contributed by atoms with Gasteiger partial charge in [-0.3, -0.25) is 0 Å². The summed E-state index contributed by atoms with van der Waals surface area (Å²) in [6.45, 7) is 6.40. The van der Waals surface area contributed by atoms with E-state index in [1.807, 2.05) is 6.92 Å². The van der Waals surface area contributed by atoms with Gasteiger partial charge in [-0.05, 0) is 43.9 Å². The molecule has 4 saturated heterocycles. The van der Waals surface area contributed by atoms with Gasteiger partial charge in [0.15, 0.2) is 11.9 Å². The number of ether oxygens (including phenoxy) is 4. The van der Waals surface area contributed by atoms with E-state index in [4.69, 9.17) is 24.0 Å². The highest BCUT2D eigenvalue weighted by molar-refractivity contribution is 7.99. The van der Waals surface area contributed by atoms with Crippen LogP contribution in [0, 0.1) is 23.7 Å². The number of fused-ring (bicyclic) bond motifs is 2. The fourth-order valence-electron chi connectivity index (χ4n) is 5.27. The van der Waals surface area contributed by atoms with E-state index in [2.05, 4.69) is 18.6 Å². The Kier molecular flexibility index (Phi) is 4.93. The minimum atomic E-state index is -0.768. The lowest BCUT2D eigenvalue weighted by molar-refractivity contribution is -0.568. The molecule has 0 unspecified atom stereocenters. The molecule has 0 amide bonds. The first kappa shape index (κ1) is 18.8. The van der Waals surface area contributed by atoms with Crippen LogP contribution in [0.3, 0.4) is 0 Å². The van der Waals surface area contributed by atoms with E-state index in [9.17, 15) is 4.79 Å². The lowest BCUT2D eigenvalue weighted by Gasteiger charge is -2.60. The lowest BCUT2D eigenvalue weighted by Crippen LogP contribution is -2.70. The van der Waals surface area contributed by atoms with Crippen LogP contribution in [0.25, 0.3) is 0 Å². The van der Waals surface area contributed by atoms with Gasteiger partial charge in [-0.1, -0.05) is 25.6 Å². The van der Waals surface area contributed by atoms with E-state index >= 15 is 0 Å². The van der Waals surface area contributed by atoms with Crippen LogP contribution in [0.15, 0.2) is 0 Å². The van der Waals surface area contributed by atoms with E-state index < -0.39 is 23.8 Å². The molecule has 1 spiro atoms. The molecule has 0 radical (unpaired) electrons. The van der Waals surface area contributed by atoms with Gasteiger partial charge in [0.25, 0.3) is 0 Å². The molecule has 0 N–H and O–H groups in total. The molecule has 0 aromatic carbocycles. The van der Waals surface area contributed by atoms with E-state index in [-0.39, 0.29) is 23.2 Å². The van der Waals surface area contributed by atoms with E-state index in [0.717, 1.165) is 19.3 Å². The second-order valence-corrected chi connectivity index (χ2v) is 9.19. The molecule has 26 heavy (non-hydrogen) atoms. The Morgan fingerprint density at radius 2 is 2.00 bits per heavy atom. The number of carbonyl (C=O) groups is 1. The summed E-state index contributed by atoms with van der Waals surface area (Å²) in [7, 11) is 1.30. The monoisotopic (exact) mass is 388 g/mol. The summed E-state index contributed by atoms with van der Waals surface area (Å²) in [5.74, 6) is 0.820. The Balaban J connectivity index is 1.57. The molecule has 1 saturated carbocycles. The standard InChI is InChI=1S/C18H28O7S/c1-10-5-6-13-11(2)14(26-9-21-16(19)20-4)22-15-18(13)12(10)7-8-17(3,23-15)24-25-18/h10-15H,5-9H2,1-4H3/t10-,11-,12+,13+,14+,15-,17+,18-/m1/s1. The zero-order chi connectivity index (χ0) is 18.5. The van der Waals surface area contributed by atoms with Crippen molar-refractivity contribution in [2.45, 2.75) is 69.6 Å². The summed E-state index contributed by atoms with van der Waals surface area (Å²) in [6, 6.07) is 0. The zero-order valence-electron chi connectivity index (χ0n) is 15.8. The SMILES string of the molecule is COC(=O)OCS[C@@H]1O[C@@H]2O[C@]3(C)CC[C@H]4[C@H](C)CC[C@@H]([C@H]1C)[C@@]24OO3. The van der Waals surface area contributed by atoms with Crippen LogP contribution in [-0.4, -0.2) is 42.3 Å². The zero-order valence-corrected chi connectivity index (χ0v) is 16.6. The van der Waals surface area contributed by atoms with E-state index in [0.29, 0.717) is 11.8 Å². The molecule has 148 valence electrons. The average Bonchev–Trinajstić information content (AvgIpc) is 2.85. The molecule has 0 aromatic rings. The molecule has 8 heteroatoms. The number of hydrogen-bond donors (Lipinski definition) is 0. The van der Waals surface area contributed by atoms with Crippen molar-refractivity contribution in [3.63, 3.8) is 0 Å². The Hall–Kier alpha value is -0.540. The minimum absolute atomic E-state index is 0.138. The molecule has 5 rings (SSSR count). The number of carbonyl (C=O) groups excluding carboxylic acids is 1. The third kappa shape index (κ3) is 2.85. The van der Waals surface area contributed by atoms with Gasteiger partial charge in [-0.2, -0.15) is 0 Å². The molecule has 2 bridgehead atoms. The van der Waals surface area contributed by atoms with Gasteiger partial charge < -0.3 is 18.9 Å². The number of rotatable bonds is 3. The minimum Gasteiger partial charge on any atom is -0.438 e. The van der Waals surface area contributed by atoms with Crippen LogP contribution in [-0.2, 0) is 28.7 Å². The number of thioether (sulfide) groups is 1. The first-order chi connectivity index (χ1) is 12.4. The molecule has 0 aromatic heterocycles. The van der Waals surface area contributed by atoms with Crippen molar-refractivity contribution >= 4 is 17.9 Å². The van der Waals surface area contributed by atoms with Crippen molar-refractivity contribution in [2.75, 3.05) is 13.0 Å². The fourth-order valence-corrected chi connectivity index (χ4v) is 6.24. The molecular weight excluding hydrogens is 360 g/mol. The smallest absolute Gasteiger partial charge is 0.438 e. The molecule has 5 fully saturated rings. The first-order valence-corrected chi connectivity index (χ1v) is 10.5. The average molecular weight is 388 g/mol. The van der Waals surface area contributed by atoms with Crippen molar-refractivity contribution in [2.24, 2.45) is 23.7 Å². The maximum atomic E-state index is 11.2. The Morgan fingerprint density at radius 3 is 2.77 bits per heavy atom. The van der Waals surface area contributed by atoms with Crippen molar-refractivity contribution in [1.29, 1.82) is 0 Å². The Bertz CT molecular complexity index is 560. The van der Waals surface area contributed by atoms with Gasteiger partial charge in [-0.15, -0.1) is 0 Å². The number of methoxy groups -OCH3 is 1. The van der Waals surface area contributed by atoms with Gasteiger partial charge in [0.2, 0.25) is 5.79 Å². The van der Waals surface area contributed by atoms with Gasteiger partial charge in [0.1, 0.15) is 11.4 Å². The highest BCUT2D eigenvalue weighted by Gasteiger charge is 2.69. The fraction of sp³-hybridized carbons (Fsp3) is 0.944. The highest BCUT2D eigenvalue weighted by Crippen LogP contribution is 2.61. The summed E-state index contributed by atoms with van der Waals surface area (Å²) < 4.78 is 22.2. The molecule has 4 heterocycles. The molecule has 8 atom stereocenters. The number of hydrogen-bond acceptors (Lipinski definition) is 8. The summed E-state index contributed by atoms with van der Waals surface area (Å²) >= 11 is 1.46. The van der Waals surface area contributed by atoms with E-state index in [1.54, 1.807) is 0 Å². The van der Waals surface area contributed by atoms with Crippen LogP contribution in [0.5, 0.6) is 0 Å². The first-order valence-electron chi connectivity index (χ1n) is 9.42. The summed E-state index contributed by atoms with van der Waals surface area (Å²) in [4.78, 5) is 23.1. The Labute approximate surface area is 158 Å². The molecule has 5 aliphatic rings. The largest absolute Gasteiger partial charge is 0.508 e. The van der Waals surface area contributed by atoms with Gasteiger partial charge in [-0.25, -0.2) is 14.6 Å². The predicted octanol–water partition coefficient (Wildman–Crippen LogP) is 3.67. The second-order valence-electron chi connectivity index (χ2n) is 8.16. The van der Waals surface area contributed by atoms with Crippen molar-refractivity contribution in [3.05, 3.63) is 0 Å². The van der Waals surface area contributed by atoms with Gasteiger partial charge in [0, 0.05) is 12.3 Å². The van der Waals surface area contributed by atoms with Crippen molar-refractivity contribution < 1.29 is 33.5 Å². The molecule has 1 aliphatic carbocycles.